The van der Waals surface area contributed by atoms with Gasteiger partial charge in [0.05, 0.1) is 12.0 Å². The van der Waals surface area contributed by atoms with Gasteiger partial charge in [-0.3, -0.25) is 4.79 Å². The molecule has 0 aromatic heterocycles. The lowest BCUT2D eigenvalue weighted by molar-refractivity contribution is -0.210. The summed E-state index contributed by atoms with van der Waals surface area (Å²) in [6.07, 6.45) is 13.9. The van der Waals surface area contributed by atoms with E-state index in [0.29, 0.717) is 35.2 Å². The van der Waals surface area contributed by atoms with Crippen molar-refractivity contribution >= 4 is 23.5 Å². The smallest absolute Gasteiger partial charge is 0.335 e. The van der Waals surface area contributed by atoms with Crippen molar-refractivity contribution < 1.29 is 24.6 Å². The van der Waals surface area contributed by atoms with Gasteiger partial charge in [0.2, 0.25) is 0 Å². The minimum atomic E-state index is -0.896. The first-order chi connectivity index (χ1) is 20.3. The van der Waals surface area contributed by atoms with Crippen molar-refractivity contribution in [2.75, 3.05) is 6.54 Å². The van der Waals surface area contributed by atoms with Gasteiger partial charge in [0.1, 0.15) is 0 Å². The first-order valence-electron chi connectivity index (χ1n) is 16.7. The number of rotatable bonds is 6. The van der Waals surface area contributed by atoms with Crippen molar-refractivity contribution in [3.8, 4) is 0 Å². The van der Waals surface area contributed by atoms with E-state index in [1.807, 2.05) is 12.1 Å². The lowest BCUT2D eigenvalue weighted by Gasteiger charge is -2.71. The quantitative estimate of drug-likeness (QED) is 0.276. The van der Waals surface area contributed by atoms with Gasteiger partial charge in [0, 0.05) is 12.1 Å². The van der Waals surface area contributed by atoms with Crippen LogP contribution in [0.25, 0.3) is 5.57 Å². The summed E-state index contributed by atoms with van der Waals surface area (Å²) in [4.78, 5) is 35.3. The normalized spacial score (nSPS) is 41.5. The van der Waals surface area contributed by atoms with Crippen molar-refractivity contribution in [3.05, 3.63) is 41.5 Å². The number of carboxylic acid groups (broad SMARTS) is 2. The maximum absolute atomic E-state index is 12.9. The standard InChI is InChI=1S/C36H50N2O5/c1-22-25(23-7-9-24(10-8-23)31(41)42)13-17-33(2)26(22)14-18-35(4)29(33)12-11-27-28-6-5-16-36(28,20-19-34(27,35)3)38-32(43)37-21-15-30(39)40/h7-10,13,22,26-29H,5-6,11-12,14-21H2,1-4H3,(H,39,40)(H,41,42)(H2,37,38,43)/t22?,26?,27?,28?,29?,33?,34-,35?,36?/m1/s1. The van der Waals surface area contributed by atoms with E-state index in [9.17, 15) is 19.5 Å². The summed E-state index contributed by atoms with van der Waals surface area (Å²) >= 11 is 0. The molecule has 0 radical (unpaired) electrons. The van der Waals surface area contributed by atoms with Crippen LogP contribution in [0.1, 0.15) is 114 Å². The van der Waals surface area contributed by atoms with Crippen LogP contribution in [-0.4, -0.2) is 40.3 Å². The Morgan fingerprint density at radius 3 is 2.30 bits per heavy atom. The summed E-state index contributed by atoms with van der Waals surface area (Å²) in [7, 11) is 0. The third-order valence-corrected chi connectivity index (χ3v) is 14.0. The van der Waals surface area contributed by atoms with Crippen LogP contribution in [0.2, 0.25) is 0 Å². The number of carbonyl (C=O) groups is 3. The van der Waals surface area contributed by atoms with Crippen molar-refractivity contribution in [3.63, 3.8) is 0 Å². The molecule has 43 heavy (non-hydrogen) atoms. The predicted molar refractivity (Wildman–Crippen MR) is 167 cm³/mol. The summed E-state index contributed by atoms with van der Waals surface area (Å²) in [6, 6.07) is 7.24. The van der Waals surface area contributed by atoms with Crippen LogP contribution < -0.4 is 10.6 Å². The molecule has 7 nitrogen and oxygen atoms in total. The fourth-order valence-electron chi connectivity index (χ4n) is 11.8. The van der Waals surface area contributed by atoms with Gasteiger partial charge >= 0.3 is 18.0 Å². The molecule has 4 fully saturated rings. The SMILES string of the molecule is CC1C(c2ccc(C(=O)O)cc2)=CCC2(C)C1CCC1(C)C2CCC2C3CCCC3(NC(=O)NCCC(=O)O)CC[C@]21C. The Hall–Kier alpha value is -2.83. The van der Waals surface area contributed by atoms with E-state index < -0.39 is 11.9 Å². The van der Waals surface area contributed by atoms with Crippen molar-refractivity contribution in [1.82, 2.24) is 10.6 Å². The predicted octanol–water partition coefficient (Wildman–Crippen LogP) is 7.37. The van der Waals surface area contributed by atoms with Gasteiger partial charge in [0.25, 0.3) is 0 Å². The lowest BCUT2D eigenvalue weighted by atomic mass is 9.34. The number of nitrogens with one attached hydrogen (secondary N) is 2. The summed E-state index contributed by atoms with van der Waals surface area (Å²) in [5, 5.41) is 24.5. The topological polar surface area (TPSA) is 116 Å². The second-order valence-electron chi connectivity index (χ2n) is 15.4. The highest BCUT2D eigenvalue weighted by Gasteiger charge is 2.68. The van der Waals surface area contributed by atoms with E-state index in [1.54, 1.807) is 12.1 Å². The molecule has 8 unspecified atom stereocenters. The highest BCUT2D eigenvalue weighted by Crippen LogP contribution is 2.75. The first-order valence-corrected chi connectivity index (χ1v) is 16.7. The number of amides is 2. The number of aliphatic carboxylic acids is 1. The van der Waals surface area contributed by atoms with Gasteiger partial charge in [-0.25, -0.2) is 9.59 Å². The number of hydrogen-bond donors (Lipinski definition) is 4. The van der Waals surface area contributed by atoms with Crippen LogP contribution in [0.3, 0.4) is 0 Å². The molecule has 7 heteroatoms. The van der Waals surface area contributed by atoms with Gasteiger partial charge in [-0.2, -0.15) is 0 Å². The van der Waals surface area contributed by atoms with Gasteiger partial charge in [0.15, 0.2) is 0 Å². The van der Waals surface area contributed by atoms with Crippen molar-refractivity contribution in [1.29, 1.82) is 0 Å². The zero-order chi connectivity index (χ0) is 30.8. The Balaban J connectivity index is 1.23. The Labute approximate surface area is 256 Å². The number of carboxylic acids is 2. The molecule has 0 heterocycles. The van der Waals surface area contributed by atoms with E-state index in [0.717, 1.165) is 37.7 Å². The molecule has 0 aliphatic heterocycles. The van der Waals surface area contributed by atoms with Gasteiger partial charge in [-0.05, 0) is 127 Å². The van der Waals surface area contributed by atoms with Crippen molar-refractivity contribution in [2.45, 2.75) is 104 Å². The van der Waals surface area contributed by atoms with Crippen molar-refractivity contribution in [2.24, 2.45) is 45.8 Å². The zero-order valence-electron chi connectivity index (χ0n) is 26.4. The fourth-order valence-corrected chi connectivity index (χ4v) is 11.8. The molecule has 0 saturated heterocycles. The third kappa shape index (κ3) is 4.63. The first kappa shape index (κ1) is 30.2. The van der Waals surface area contributed by atoms with Crippen LogP contribution in [0, 0.1) is 45.8 Å². The van der Waals surface area contributed by atoms with E-state index in [2.05, 4.69) is 44.4 Å². The maximum Gasteiger partial charge on any atom is 0.335 e. The number of hydrogen-bond acceptors (Lipinski definition) is 3. The molecule has 4 N–H and O–H groups in total. The number of urea groups is 1. The monoisotopic (exact) mass is 590 g/mol. The molecule has 234 valence electrons. The molecular formula is C36H50N2O5. The minimum Gasteiger partial charge on any atom is -0.481 e. The second kappa shape index (κ2) is 10.7. The van der Waals surface area contributed by atoms with Crippen LogP contribution in [0.5, 0.6) is 0 Å². The number of carbonyl (C=O) groups excluding carboxylic acids is 1. The summed E-state index contributed by atoms with van der Waals surface area (Å²) < 4.78 is 0. The lowest BCUT2D eigenvalue weighted by Crippen LogP contribution is -2.67. The van der Waals surface area contributed by atoms with Gasteiger partial charge in [-0.1, -0.05) is 52.3 Å². The average Bonchev–Trinajstić information content (AvgIpc) is 3.37. The number of fused-ring (bicyclic) bond motifs is 7. The molecule has 1 aromatic rings. The van der Waals surface area contributed by atoms with Crippen LogP contribution in [0.4, 0.5) is 4.79 Å². The second-order valence-corrected chi connectivity index (χ2v) is 15.4. The highest BCUT2D eigenvalue weighted by atomic mass is 16.4. The van der Waals surface area contributed by atoms with E-state index in [4.69, 9.17) is 5.11 Å². The average molecular weight is 591 g/mol. The van der Waals surface area contributed by atoms with Crippen LogP contribution >= 0.6 is 0 Å². The van der Waals surface area contributed by atoms with E-state index >= 15 is 0 Å². The largest absolute Gasteiger partial charge is 0.481 e. The summed E-state index contributed by atoms with van der Waals surface area (Å²) in [5.74, 6) is 0.975. The van der Waals surface area contributed by atoms with Gasteiger partial charge < -0.3 is 20.8 Å². The Morgan fingerprint density at radius 1 is 0.860 bits per heavy atom. The highest BCUT2D eigenvalue weighted by molar-refractivity contribution is 5.88. The fraction of sp³-hybridized carbons (Fsp3) is 0.694. The van der Waals surface area contributed by atoms with Crippen LogP contribution in [0.15, 0.2) is 30.3 Å². The van der Waals surface area contributed by atoms with E-state index in [-0.39, 0.29) is 40.8 Å². The molecule has 5 aliphatic carbocycles. The number of allylic oxidation sites excluding steroid dienone is 2. The maximum atomic E-state index is 12.9. The van der Waals surface area contributed by atoms with Crippen LogP contribution in [-0.2, 0) is 4.79 Å². The molecule has 4 saturated carbocycles. The molecule has 5 aliphatic rings. The number of benzene rings is 1. The van der Waals surface area contributed by atoms with Gasteiger partial charge in [-0.15, -0.1) is 0 Å². The van der Waals surface area contributed by atoms with E-state index in [1.165, 1.54) is 37.7 Å². The Kier molecular flexibility index (Phi) is 7.49. The molecule has 6 rings (SSSR count). The summed E-state index contributed by atoms with van der Waals surface area (Å²) in [5.41, 5.74) is 3.41. The Bertz CT molecular complexity index is 1320. The third-order valence-electron chi connectivity index (χ3n) is 14.0. The summed E-state index contributed by atoms with van der Waals surface area (Å²) in [6.45, 7) is 10.3. The molecular weight excluding hydrogens is 540 g/mol. The molecule has 2 amide bonds. The molecule has 1 aromatic carbocycles. The zero-order valence-corrected chi connectivity index (χ0v) is 26.4. The molecule has 0 bridgehead atoms. The molecule has 0 spiro atoms. The number of aromatic carboxylic acids is 1. The Morgan fingerprint density at radius 2 is 1.60 bits per heavy atom. The molecule has 9 atom stereocenters. The minimum absolute atomic E-state index is 0.0592.